The van der Waals surface area contributed by atoms with Gasteiger partial charge in [0.1, 0.15) is 22.0 Å². The Morgan fingerprint density at radius 3 is 2.45 bits per heavy atom. The first kappa shape index (κ1) is 27.6. The molecule has 38 heavy (non-hydrogen) atoms. The summed E-state index contributed by atoms with van der Waals surface area (Å²) in [6.45, 7) is 4.12. The van der Waals surface area contributed by atoms with Crippen LogP contribution in [0.2, 0.25) is 0 Å². The second-order valence-corrected chi connectivity index (χ2v) is 12.7. The molecule has 13 heteroatoms. The van der Waals surface area contributed by atoms with E-state index >= 15 is 0 Å². The second-order valence-electron chi connectivity index (χ2n) is 9.35. The molecule has 0 saturated heterocycles. The number of hydrogen-bond donors (Lipinski definition) is 3. The number of amides is 1. The second kappa shape index (κ2) is 10.4. The van der Waals surface area contributed by atoms with Crippen molar-refractivity contribution >= 4 is 43.2 Å². The number of carbonyl (C=O) groups is 1. The van der Waals surface area contributed by atoms with Crippen LogP contribution in [0.5, 0.6) is 0 Å². The molecular weight excluding hydrogens is 535 g/mol. The lowest BCUT2D eigenvalue weighted by Gasteiger charge is -2.40. The standard InChI is InChI=1S/C25H29FN4O6S2/c1-4-16(5-2)20-13-21(31)23(25(32)30(20)14-15-6-8-17(26)9-7-15)24-27-19-11-10-18(28-37(3,33)34)12-22(19)38(35,36)29-24/h6-12,16,20,28,31H,4-5,13-14H2,1-3H3,(H,27,29)/t20-/m0/s1. The number of anilines is 2. The summed E-state index contributed by atoms with van der Waals surface area (Å²) in [5.41, 5.74) is 0.527. The molecule has 4 rings (SSSR count). The third-order valence-electron chi connectivity index (χ3n) is 6.69. The number of carbonyl (C=O) groups excluding carboxylic acids is 1. The summed E-state index contributed by atoms with van der Waals surface area (Å²) in [4.78, 5) is 15.1. The van der Waals surface area contributed by atoms with Gasteiger partial charge in [-0.2, -0.15) is 8.42 Å². The lowest BCUT2D eigenvalue weighted by molar-refractivity contribution is -0.132. The van der Waals surface area contributed by atoms with Crippen molar-refractivity contribution in [2.75, 3.05) is 16.3 Å². The van der Waals surface area contributed by atoms with Crippen LogP contribution in [0.1, 0.15) is 38.7 Å². The maximum atomic E-state index is 13.8. The maximum absolute atomic E-state index is 13.8. The Hall–Kier alpha value is -3.45. The summed E-state index contributed by atoms with van der Waals surface area (Å²) in [6, 6.07) is 9.23. The van der Waals surface area contributed by atoms with Crippen molar-refractivity contribution in [3.63, 3.8) is 0 Å². The van der Waals surface area contributed by atoms with Gasteiger partial charge in [-0.05, 0) is 41.8 Å². The number of nitrogens with one attached hydrogen (secondary N) is 2. The molecule has 204 valence electrons. The van der Waals surface area contributed by atoms with Crippen molar-refractivity contribution < 1.29 is 31.1 Å². The van der Waals surface area contributed by atoms with E-state index in [1.165, 1.54) is 24.3 Å². The van der Waals surface area contributed by atoms with Crippen molar-refractivity contribution in [2.24, 2.45) is 10.3 Å². The molecule has 0 bridgehead atoms. The van der Waals surface area contributed by atoms with E-state index < -0.39 is 31.8 Å². The Kier molecular flexibility index (Phi) is 7.53. The fourth-order valence-corrected chi connectivity index (χ4v) is 6.54. The summed E-state index contributed by atoms with van der Waals surface area (Å²) in [7, 11) is -8.00. The molecule has 3 N–H and O–H groups in total. The zero-order valence-corrected chi connectivity index (χ0v) is 22.7. The number of aliphatic hydroxyl groups excluding tert-OH is 1. The summed E-state index contributed by atoms with van der Waals surface area (Å²) in [6.07, 6.45) is 2.54. The van der Waals surface area contributed by atoms with E-state index in [4.69, 9.17) is 0 Å². The number of benzene rings is 2. The minimum atomic E-state index is -4.35. The van der Waals surface area contributed by atoms with Crippen LogP contribution in [0, 0.1) is 11.7 Å². The normalized spacial score (nSPS) is 19.2. The molecule has 2 aliphatic rings. The Balaban J connectivity index is 1.74. The molecular formula is C25H29FN4O6S2. The molecule has 0 saturated carbocycles. The molecule has 1 atom stereocenters. The predicted molar refractivity (Wildman–Crippen MR) is 142 cm³/mol. The fourth-order valence-electron chi connectivity index (χ4n) is 4.84. The Bertz CT molecular complexity index is 1530. The van der Waals surface area contributed by atoms with Crippen LogP contribution in [-0.2, 0) is 31.4 Å². The Morgan fingerprint density at radius 2 is 1.84 bits per heavy atom. The highest BCUT2D eigenvalue weighted by atomic mass is 32.2. The van der Waals surface area contributed by atoms with Crippen molar-refractivity contribution in [1.29, 1.82) is 0 Å². The zero-order valence-electron chi connectivity index (χ0n) is 21.1. The molecule has 0 unspecified atom stereocenters. The summed E-state index contributed by atoms with van der Waals surface area (Å²) in [5.74, 6) is -1.55. The van der Waals surface area contributed by atoms with Gasteiger partial charge in [0.2, 0.25) is 10.0 Å². The molecule has 1 amide bonds. The zero-order chi connectivity index (χ0) is 27.8. The van der Waals surface area contributed by atoms with Crippen LogP contribution < -0.4 is 10.0 Å². The third-order valence-corrected chi connectivity index (χ3v) is 8.61. The number of halogens is 1. The SMILES string of the molecule is CCC(CC)[C@@H]1CC(O)=C(C2=NS(=O)(=O)c3cc(NS(C)(=O)=O)ccc3N2)C(=O)N1Cc1ccc(F)cc1. The highest BCUT2D eigenvalue weighted by Crippen LogP contribution is 2.36. The number of amidine groups is 1. The van der Waals surface area contributed by atoms with Gasteiger partial charge < -0.3 is 15.3 Å². The van der Waals surface area contributed by atoms with Crippen LogP contribution in [0.25, 0.3) is 0 Å². The lowest BCUT2D eigenvalue weighted by atomic mass is 9.85. The minimum Gasteiger partial charge on any atom is -0.511 e. The van der Waals surface area contributed by atoms with E-state index in [0.717, 1.165) is 25.2 Å². The first-order valence-corrected chi connectivity index (χ1v) is 15.4. The maximum Gasteiger partial charge on any atom is 0.286 e. The Morgan fingerprint density at radius 1 is 1.18 bits per heavy atom. The first-order chi connectivity index (χ1) is 17.8. The van der Waals surface area contributed by atoms with E-state index in [9.17, 15) is 31.1 Å². The quantitative estimate of drug-likeness (QED) is 0.443. The average molecular weight is 565 g/mol. The molecule has 10 nitrogen and oxygen atoms in total. The minimum absolute atomic E-state index is 0.0320. The molecule has 0 spiro atoms. The molecule has 0 aliphatic carbocycles. The number of hydrogen-bond acceptors (Lipinski definition) is 7. The largest absolute Gasteiger partial charge is 0.511 e. The molecule has 2 aromatic carbocycles. The van der Waals surface area contributed by atoms with E-state index in [-0.39, 0.29) is 58.4 Å². The molecule has 0 radical (unpaired) electrons. The highest BCUT2D eigenvalue weighted by molar-refractivity contribution is 7.92. The number of sulfonamides is 2. The summed E-state index contributed by atoms with van der Waals surface area (Å²) in [5, 5.41) is 13.8. The topological polar surface area (TPSA) is 145 Å². The van der Waals surface area contributed by atoms with E-state index in [1.54, 1.807) is 17.0 Å². The Labute approximate surface area is 221 Å². The van der Waals surface area contributed by atoms with Crippen molar-refractivity contribution in [3.8, 4) is 0 Å². The van der Waals surface area contributed by atoms with E-state index in [0.29, 0.717) is 5.56 Å². The number of rotatable bonds is 8. The summed E-state index contributed by atoms with van der Waals surface area (Å²) >= 11 is 0. The average Bonchev–Trinajstić information content (AvgIpc) is 2.82. The van der Waals surface area contributed by atoms with Crippen LogP contribution >= 0.6 is 0 Å². The molecule has 2 aromatic rings. The van der Waals surface area contributed by atoms with Crippen LogP contribution in [-0.4, -0.2) is 50.9 Å². The monoisotopic (exact) mass is 564 g/mol. The molecule has 2 aliphatic heterocycles. The molecule has 0 aromatic heterocycles. The van der Waals surface area contributed by atoms with Crippen molar-refractivity contribution in [1.82, 2.24) is 4.90 Å². The van der Waals surface area contributed by atoms with E-state index in [2.05, 4.69) is 14.4 Å². The van der Waals surface area contributed by atoms with Gasteiger partial charge in [-0.1, -0.05) is 38.8 Å². The van der Waals surface area contributed by atoms with E-state index in [1.807, 2.05) is 13.8 Å². The van der Waals surface area contributed by atoms with Gasteiger partial charge in [0.15, 0.2) is 5.84 Å². The fraction of sp³-hybridized carbons (Fsp3) is 0.360. The molecule has 2 heterocycles. The summed E-state index contributed by atoms with van der Waals surface area (Å²) < 4.78 is 68.7. The first-order valence-electron chi connectivity index (χ1n) is 12.0. The van der Waals surface area contributed by atoms with Gasteiger partial charge in [-0.3, -0.25) is 9.52 Å². The number of aliphatic hydroxyl groups is 1. The van der Waals surface area contributed by atoms with Gasteiger partial charge in [-0.25, -0.2) is 12.8 Å². The smallest absolute Gasteiger partial charge is 0.286 e. The predicted octanol–water partition coefficient (Wildman–Crippen LogP) is 3.76. The lowest BCUT2D eigenvalue weighted by Crippen LogP contribution is -2.50. The van der Waals surface area contributed by atoms with Crippen LogP contribution in [0.4, 0.5) is 15.8 Å². The van der Waals surface area contributed by atoms with Gasteiger partial charge in [0, 0.05) is 24.7 Å². The van der Waals surface area contributed by atoms with Gasteiger partial charge in [0.05, 0.1) is 11.9 Å². The van der Waals surface area contributed by atoms with Gasteiger partial charge in [-0.15, -0.1) is 4.40 Å². The molecule has 0 fully saturated rings. The van der Waals surface area contributed by atoms with Crippen LogP contribution in [0.15, 0.2) is 63.1 Å². The highest BCUT2D eigenvalue weighted by Gasteiger charge is 2.41. The van der Waals surface area contributed by atoms with Gasteiger partial charge in [0.25, 0.3) is 15.9 Å². The van der Waals surface area contributed by atoms with Crippen LogP contribution in [0.3, 0.4) is 0 Å². The number of fused-ring (bicyclic) bond motifs is 1. The number of nitrogens with zero attached hydrogens (tertiary/aromatic N) is 2. The third kappa shape index (κ3) is 5.68. The van der Waals surface area contributed by atoms with Crippen molar-refractivity contribution in [3.05, 3.63) is 65.2 Å². The van der Waals surface area contributed by atoms with Gasteiger partial charge >= 0.3 is 0 Å². The van der Waals surface area contributed by atoms with Crippen molar-refractivity contribution in [2.45, 2.75) is 50.6 Å².